The lowest BCUT2D eigenvalue weighted by Gasteiger charge is -2.27. The molecule has 0 N–H and O–H groups in total. The second kappa shape index (κ2) is 7.85. The first kappa shape index (κ1) is 20.0. The molecule has 1 aliphatic carbocycles. The van der Waals surface area contributed by atoms with E-state index in [0.29, 0.717) is 0 Å². The molecular formula is C32H25N3. The smallest absolute Gasteiger partial charge is 0.137 e. The molecule has 2 aliphatic rings. The fourth-order valence-corrected chi connectivity index (χ4v) is 5.66. The Balaban J connectivity index is 1.65. The van der Waals surface area contributed by atoms with Gasteiger partial charge in [0.1, 0.15) is 5.82 Å². The van der Waals surface area contributed by atoms with E-state index in [1.54, 1.807) is 0 Å². The number of aromatic nitrogens is 2. The van der Waals surface area contributed by atoms with Crippen molar-refractivity contribution >= 4 is 23.3 Å². The van der Waals surface area contributed by atoms with E-state index in [9.17, 15) is 0 Å². The van der Waals surface area contributed by atoms with Crippen LogP contribution in [0.3, 0.4) is 0 Å². The number of pyridine rings is 1. The lowest BCUT2D eigenvalue weighted by Crippen LogP contribution is -2.13. The number of rotatable bonds is 2. The largest absolute Gasteiger partial charge is 0.309 e. The molecule has 0 bridgehead atoms. The minimum atomic E-state index is 0.940. The van der Waals surface area contributed by atoms with Gasteiger partial charge in [0.05, 0.1) is 17.1 Å². The van der Waals surface area contributed by atoms with Crippen LogP contribution >= 0.6 is 0 Å². The minimum absolute atomic E-state index is 0.940. The minimum Gasteiger partial charge on any atom is -0.309 e. The number of para-hydroxylation sites is 3. The number of anilines is 3. The molecule has 3 heterocycles. The standard InChI is InChI=1S/C32H25N3/c1-22-12-11-21-30(33-22)35-28-19-9-6-16-25(28)31-24-15-5-8-18-27(24)34(23-13-3-2-4-14-23)32(31)26-17-7-10-20-29(26)35/h2-4,6-14,16-21H,5,15H2,1H3. The highest BCUT2D eigenvalue weighted by molar-refractivity contribution is 6.04. The van der Waals surface area contributed by atoms with Gasteiger partial charge in [-0.05, 0) is 67.8 Å². The first-order chi connectivity index (χ1) is 17.3. The molecule has 0 saturated carbocycles. The summed E-state index contributed by atoms with van der Waals surface area (Å²) in [5.74, 6) is 0.940. The lowest BCUT2D eigenvalue weighted by atomic mass is 9.92. The van der Waals surface area contributed by atoms with Gasteiger partial charge in [-0.25, -0.2) is 4.98 Å². The Labute approximate surface area is 205 Å². The summed E-state index contributed by atoms with van der Waals surface area (Å²) in [6.45, 7) is 2.06. The van der Waals surface area contributed by atoms with Crippen molar-refractivity contribution < 1.29 is 0 Å². The Bertz CT molecular complexity index is 1610. The number of hydrogen-bond acceptors (Lipinski definition) is 2. The highest BCUT2D eigenvalue weighted by Gasteiger charge is 2.33. The highest BCUT2D eigenvalue weighted by atomic mass is 15.2. The van der Waals surface area contributed by atoms with Crippen LogP contribution in [0.25, 0.3) is 34.1 Å². The maximum atomic E-state index is 4.96. The topological polar surface area (TPSA) is 21.1 Å². The zero-order valence-electron chi connectivity index (χ0n) is 19.6. The van der Waals surface area contributed by atoms with Crippen LogP contribution in [0.15, 0.2) is 103 Å². The van der Waals surface area contributed by atoms with Gasteiger partial charge in [-0.15, -0.1) is 0 Å². The molecule has 0 saturated heterocycles. The normalized spacial score (nSPS) is 13.5. The Hall–Kier alpha value is -4.37. The van der Waals surface area contributed by atoms with Crippen molar-refractivity contribution in [2.45, 2.75) is 19.8 Å². The van der Waals surface area contributed by atoms with Crippen LogP contribution in [0.1, 0.15) is 23.4 Å². The van der Waals surface area contributed by atoms with Gasteiger partial charge >= 0.3 is 0 Å². The van der Waals surface area contributed by atoms with Gasteiger partial charge in [-0.3, -0.25) is 4.90 Å². The van der Waals surface area contributed by atoms with Gasteiger partial charge in [0.25, 0.3) is 0 Å². The molecule has 0 radical (unpaired) electrons. The number of fused-ring (bicyclic) bond motifs is 7. The van der Waals surface area contributed by atoms with Gasteiger partial charge in [0, 0.05) is 33.8 Å². The summed E-state index contributed by atoms with van der Waals surface area (Å²) in [5, 5.41) is 0. The molecule has 1 aliphatic heterocycles. The van der Waals surface area contributed by atoms with E-state index in [-0.39, 0.29) is 0 Å². The molecule has 0 atom stereocenters. The van der Waals surface area contributed by atoms with Crippen molar-refractivity contribution in [1.29, 1.82) is 0 Å². The highest BCUT2D eigenvalue weighted by Crippen LogP contribution is 2.54. The number of aryl methyl sites for hydroxylation is 1. The van der Waals surface area contributed by atoms with Gasteiger partial charge < -0.3 is 4.57 Å². The second-order valence-corrected chi connectivity index (χ2v) is 9.21. The van der Waals surface area contributed by atoms with Crippen LogP contribution in [0, 0.1) is 6.92 Å². The Morgan fingerprint density at radius 3 is 2.23 bits per heavy atom. The number of nitrogens with zero attached hydrogens (tertiary/aromatic N) is 3. The third-order valence-electron chi connectivity index (χ3n) is 7.08. The first-order valence-electron chi connectivity index (χ1n) is 12.2. The van der Waals surface area contributed by atoms with E-state index < -0.39 is 0 Å². The fourth-order valence-electron chi connectivity index (χ4n) is 5.66. The summed E-state index contributed by atoms with van der Waals surface area (Å²) < 4.78 is 2.46. The van der Waals surface area contributed by atoms with Crippen molar-refractivity contribution in [2.24, 2.45) is 0 Å². The molecule has 3 aromatic carbocycles. The fraction of sp³-hybridized carbons (Fsp3) is 0.0938. The first-order valence-corrected chi connectivity index (χ1v) is 12.2. The Morgan fingerprint density at radius 2 is 1.43 bits per heavy atom. The average Bonchev–Trinajstić information content (AvgIpc) is 3.19. The van der Waals surface area contributed by atoms with E-state index in [4.69, 9.17) is 4.98 Å². The van der Waals surface area contributed by atoms with Crippen LogP contribution in [0.5, 0.6) is 0 Å². The van der Waals surface area contributed by atoms with Crippen LogP contribution < -0.4 is 4.90 Å². The Morgan fingerprint density at radius 1 is 0.714 bits per heavy atom. The molecule has 5 aromatic rings. The van der Waals surface area contributed by atoms with E-state index >= 15 is 0 Å². The van der Waals surface area contributed by atoms with Crippen molar-refractivity contribution in [3.8, 4) is 28.1 Å². The maximum Gasteiger partial charge on any atom is 0.137 e. The van der Waals surface area contributed by atoms with Gasteiger partial charge in [0.2, 0.25) is 0 Å². The predicted molar refractivity (Wildman–Crippen MR) is 145 cm³/mol. The van der Waals surface area contributed by atoms with Crippen LogP contribution in [0.4, 0.5) is 17.2 Å². The summed E-state index contributed by atoms with van der Waals surface area (Å²) in [5.41, 5.74) is 12.3. The zero-order chi connectivity index (χ0) is 23.4. The lowest BCUT2D eigenvalue weighted by molar-refractivity contribution is 0.960. The second-order valence-electron chi connectivity index (χ2n) is 9.21. The summed E-state index contributed by atoms with van der Waals surface area (Å²) in [7, 11) is 0. The summed E-state index contributed by atoms with van der Waals surface area (Å²) in [6.07, 6.45) is 6.71. The summed E-state index contributed by atoms with van der Waals surface area (Å²) >= 11 is 0. The quantitative estimate of drug-likeness (QED) is 0.264. The average molecular weight is 452 g/mol. The molecular weight excluding hydrogens is 426 g/mol. The van der Waals surface area contributed by atoms with E-state index in [2.05, 4.69) is 126 Å². The molecule has 35 heavy (non-hydrogen) atoms. The van der Waals surface area contributed by atoms with E-state index in [0.717, 1.165) is 30.0 Å². The van der Waals surface area contributed by atoms with E-state index in [1.165, 1.54) is 45.0 Å². The van der Waals surface area contributed by atoms with Crippen LogP contribution in [-0.2, 0) is 6.42 Å². The monoisotopic (exact) mass is 451 g/mol. The molecule has 0 spiro atoms. The molecule has 2 aromatic heterocycles. The van der Waals surface area contributed by atoms with Gasteiger partial charge in [-0.2, -0.15) is 0 Å². The number of allylic oxidation sites excluding steroid dienone is 1. The molecule has 7 rings (SSSR count). The van der Waals surface area contributed by atoms with Crippen LogP contribution in [0.2, 0.25) is 0 Å². The van der Waals surface area contributed by atoms with Crippen molar-refractivity contribution in [1.82, 2.24) is 9.55 Å². The molecule has 0 amide bonds. The number of benzene rings is 3. The predicted octanol–water partition coefficient (Wildman–Crippen LogP) is 8.26. The maximum absolute atomic E-state index is 4.96. The van der Waals surface area contributed by atoms with Gasteiger partial charge in [0.15, 0.2) is 0 Å². The van der Waals surface area contributed by atoms with Crippen molar-refractivity contribution in [3.05, 3.63) is 120 Å². The third-order valence-corrected chi connectivity index (χ3v) is 7.08. The van der Waals surface area contributed by atoms with E-state index in [1.807, 2.05) is 0 Å². The van der Waals surface area contributed by atoms with Gasteiger partial charge in [-0.1, -0.05) is 66.7 Å². The molecule has 168 valence electrons. The third kappa shape index (κ3) is 3.01. The summed E-state index contributed by atoms with van der Waals surface area (Å²) in [4.78, 5) is 7.29. The van der Waals surface area contributed by atoms with Crippen LogP contribution in [-0.4, -0.2) is 9.55 Å². The molecule has 3 nitrogen and oxygen atoms in total. The number of hydrogen-bond donors (Lipinski definition) is 0. The van der Waals surface area contributed by atoms with Crippen molar-refractivity contribution in [3.63, 3.8) is 0 Å². The van der Waals surface area contributed by atoms with Crippen molar-refractivity contribution in [2.75, 3.05) is 4.90 Å². The Kier molecular flexibility index (Phi) is 4.49. The SMILES string of the molecule is Cc1cccc(N2c3ccccc3-c3c4c(n(-c5ccccc5)c3-c3ccccc32)C=CCC4)n1. The molecule has 0 unspecified atom stereocenters. The summed E-state index contributed by atoms with van der Waals surface area (Å²) in [6, 6.07) is 34.6. The zero-order valence-corrected chi connectivity index (χ0v) is 19.6. The molecule has 3 heteroatoms. The molecule has 0 fully saturated rings.